The van der Waals surface area contributed by atoms with Crippen molar-refractivity contribution in [2.45, 2.75) is 56.8 Å². The first-order chi connectivity index (χ1) is 14.2. The Bertz CT molecular complexity index is 952. The van der Waals surface area contributed by atoms with Crippen molar-refractivity contribution in [1.82, 2.24) is 20.1 Å². The van der Waals surface area contributed by atoms with Crippen molar-refractivity contribution in [3.8, 4) is 0 Å². The number of benzene rings is 1. The molecule has 1 unspecified atom stereocenters. The van der Waals surface area contributed by atoms with Crippen LogP contribution in [0.15, 0.2) is 47.2 Å². The Hall–Kier alpha value is -2.12. The summed E-state index contributed by atoms with van der Waals surface area (Å²) in [6, 6.07) is 10.9. The summed E-state index contributed by atoms with van der Waals surface area (Å²) < 4.78 is 2.02. The van der Waals surface area contributed by atoms with Gasteiger partial charge in [0.2, 0.25) is 5.91 Å². The number of nitrogens with zero attached hydrogens (tertiary/aromatic N) is 3. The molecule has 29 heavy (non-hydrogen) atoms. The van der Waals surface area contributed by atoms with E-state index >= 15 is 0 Å². The molecule has 1 aliphatic rings. The largest absolute Gasteiger partial charge is 0.349 e. The van der Waals surface area contributed by atoms with E-state index in [2.05, 4.69) is 58.1 Å². The van der Waals surface area contributed by atoms with Crippen molar-refractivity contribution in [1.29, 1.82) is 0 Å². The maximum Gasteiger partial charge on any atom is 0.230 e. The van der Waals surface area contributed by atoms with E-state index in [0.29, 0.717) is 5.75 Å². The highest BCUT2D eigenvalue weighted by Crippen LogP contribution is 2.25. The number of hydrogen-bond acceptors (Lipinski definition) is 5. The zero-order valence-electron chi connectivity index (χ0n) is 16.6. The van der Waals surface area contributed by atoms with Gasteiger partial charge in [-0.15, -0.1) is 21.5 Å². The van der Waals surface area contributed by atoms with Crippen LogP contribution in [0.2, 0.25) is 0 Å². The molecular weight excluding hydrogens is 400 g/mol. The lowest BCUT2D eigenvalue weighted by Gasteiger charge is -2.20. The van der Waals surface area contributed by atoms with Crippen LogP contribution < -0.4 is 5.32 Å². The number of nitrogens with one attached hydrogen (secondary N) is 1. The van der Waals surface area contributed by atoms with Crippen LogP contribution in [-0.2, 0) is 30.6 Å². The summed E-state index contributed by atoms with van der Waals surface area (Å²) in [6.07, 6.45) is 7.57. The van der Waals surface area contributed by atoms with Crippen LogP contribution in [0.4, 0.5) is 0 Å². The normalized spacial score (nSPS) is 14.4. The number of carbonyl (C=O) groups is 1. The number of fused-ring (bicyclic) bond motifs is 1. The summed E-state index contributed by atoms with van der Waals surface area (Å²) in [7, 11) is 0. The molecule has 1 aliphatic carbocycles. The minimum Gasteiger partial charge on any atom is -0.349 e. The highest BCUT2D eigenvalue weighted by atomic mass is 32.2. The van der Waals surface area contributed by atoms with E-state index in [1.165, 1.54) is 52.6 Å². The fourth-order valence-corrected chi connectivity index (χ4v) is 5.17. The maximum atomic E-state index is 12.5. The van der Waals surface area contributed by atoms with Crippen molar-refractivity contribution in [2.24, 2.45) is 0 Å². The van der Waals surface area contributed by atoms with E-state index in [1.54, 1.807) is 17.7 Å². The number of aryl methyl sites for hydroxylation is 4. The van der Waals surface area contributed by atoms with E-state index < -0.39 is 0 Å². The number of thiophene rings is 1. The van der Waals surface area contributed by atoms with Gasteiger partial charge >= 0.3 is 0 Å². The van der Waals surface area contributed by atoms with Gasteiger partial charge in [-0.05, 0) is 67.2 Å². The molecule has 4 rings (SSSR count). The molecule has 152 valence electrons. The SMILES string of the molecule is CC(NC(=O)CSc1nncn1CCc1cccs1)c1ccc2c(c1)CCCC2. The summed E-state index contributed by atoms with van der Waals surface area (Å²) in [6.45, 7) is 2.87. The Morgan fingerprint density at radius 3 is 2.97 bits per heavy atom. The fraction of sp³-hybridized carbons (Fsp3) is 0.409. The highest BCUT2D eigenvalue weighted by Gasteiger charge is 2.15. The Labute approximate surface area is 179 Å². The smallest absolute Gasteiger partial charge is 0.230 e. The fourth-order valence-electron chi connectivity index (χ4n) is 3.71. The van der Waals surface area contributed by atoms with Gasteiger partial charge in [-0.25, -0.2) is 0 Å². The average Bonchev–Trinajstić information content (AvgIpc) is 3.42. The minimum absolute atomic E-state index is 0.00650. The van der Waals surface area contributed by atoms with Crippen molar-refractivity contribution < 1.29 is 4.79 Å². The van der Waals surface area contributed by atoms with Crippen LogP contribution >= 0.6 is 23.1 Å². The molecule has 5 nitrogen and oxygen atoms in total. The number of carbonyl (C=O) groups excluding carboxylic acids is 1. The number of aromatic nitrogens is 3. The second-order valence-electron chi connectivity index (χ2n) is 7.45. The van der Waals surface area contributed by atoms with Crippen molar-refractivity contribution in [2.75, 3.05) is 5.75 Å². The zero-order chi connectivity index (χ0) is 20.1. The van der Waals surface area contributed by atoms with Gasteiger partial charge < -0.3 is 9.88 Å². The molecule has 0 saturated heterocycles. The zero-order valence-corrected chi connectivity index (χ0v) is 18.3. The van der Waals surface area contributed by atoms with Crippen LogP contribution in [0.3, 0.4) is 0 Å². The number of rotatable bonds is 8. The summed E-state index contributed by atoms with van der Waals surface area (Å²) in [4.78, 5) is 13.8. The van der Waals surface area contributed by atoms with Crippen LogP contribution in [0.1, 0.15) is 47.4 Å². The van der Waals surface area contributed by atoms with Crippen LogP contribution in [0, 0.1) is 0 Å². The van der Waals surface area contributed by atoms with Gasteiger partial charge in [0.1, 0.15) is 6.33 Å². The molecule has 0 fully saturated rings. The second-order valence-corrected chi connectivity index (χ2v) is 9.42. The third-order valence-electron chi connectivity index (χ3n) is 5.34. The molecule has 3 aromatic rings. The third-order valence-corrected chi connectivity index (χ3v) is 7.26. The van der Waals surface area contributed by atoms with Gasteiger partial charge in [-0.3, -0.25) is 4.79 Å². The van der Waals surface area contributed by atoms with Gasteiger partial charge in [0.25, 0.3) is 0 Å². The van der Waals surface area contributed by atoms with Gasteiger partial charge in [0.15, 0.2) is 5.16 Å². The first-order valence-corrected chi connectivity index (χ1v) is 12.0. The monoisotopic (exact) mass is 426 g/mol. The third kappa shape index (κ3) is 5.28. The van der Waals surface area contributed by atoms with Crippen molar-refractivity contribution in [3.05, 3.63) is 63.6 Å². The molecule has 1 atom stereocenters. The van der Waals surface area contributed by atoms with Gasteiger partial charge in [0.05, 0.1) is 11.8 Å². The van der Waals surface area contributed by atoms with E-state index in [1.807, 2.05) is 4.57 Å². The lowest BCUT2D eigenvalue weighted by Crippen LogP contribution is -2.28. The van der Waals surface area contributed by atoms with Crippen LogP contribution in [-0.4, -0.2) is 26.4 Å². The summed E-state index contributed by atoms with van der Waals surface area (Å²) in [5.41, 5.74) is 4.10. The molecule has 1 aromatic carbocycles. The molecular formula is C22H26N4OS2. The van der Waals surface area contributed by atoms with Crippen molar-refractivity contribution >= 4 is 29.0 Å². The Balaban J connectivity index is 1.28. The Kier molecular flexibility index (Phi) is 6.67. The van der Waals surface area contributed by atoms with Crippen LogP contribution in [0.5, 0.6) is 0 Å². The summed E-state index contributed by atoms with van der Waals surface area (Å²) >= 11 is 3.20. The number of thioether (sulfide) groups is 1. The summed E-state index contributed by atoms with van der Waals surface area (Å²) in [5, 5.41) is 14.2. The lowest BCUT2D eigenvalue weighted by molar-refractivity contribution is -0.119. The maximum absolute atomic E-state index is 12.5. The topological polar surface area (TPSA) is 59.8 Å². The van der Waals surface area contributed by atoms with Gasteiger partial charge in [0, 0.05) is 11.4 Å². The molecule has 0 spiro atoms. The Morgan fingerprint density at radius 2 is 2.14 bits per heavy atom. The van der Waals surface area contributed by atoms with Crippen molar-refractivity contribution in [3.63, 3.8) is 0 Å². The molecule has 0 aliphatic heterocycles. The molecule has 1 N–H and O–H groups in total. The Morgan fingerprint density at radius 1 is 1.28 bits per heavy atom. The predicted octanol–water partition coefficient (Wildman–Crippen LogP) is 4.43. The standard InChI is InChI=1S/C22H26N4OS2/c1-16(18-9-8-17-5-2-3-6-19(17)13-18)24-21(27)14-29-22-25-23-15-26(22)11-10-20-7-4-12-28-20/h4,7-9,12-13,15-16H,2-3,5-6,10-11,14H2,1H3,(H,24,27). The van der Waals surface area contributed by atoms with E-state index in [0.717, 1.165) is 24.5 Å². The van der Waals surface area contributed by atoms with Crippen LogP contribution in [0.25, 0.3) is 0 Å². The highest BCUT2D eigenvalue weighted by molar-refractivity contribution is 7.99. The van der Waals surface area contributed by atoms with E-state index in [-0.39, 0.29) is 11.9 Å². The minimum atomic E-state index is 0.00650. The number of amides is 1. The lowest BCUT2D eigenvalue weighted by atomic mass is 9.89. The average molecular weight is 427 g/mol. The molecule has 2 heterocycles. The van der Waals surface area contributed by atoms with E-state index in [9.17, 15) is 4.79 Å². The second kappa shape index (κ2) is 9.59. The molecule has 2 aromatic heterocycles. The molecule has 0 radical (unpaired) electrons. The van der Waals surface area contributed by atoms with Gasteiger partial charge in [-0.2, -0.15) is 0 Å². The summed E-state index contributed by atoms with van der Waals surface area (Å²) in [5.74, 6) is 0.362. The molecule has 7 heteroatoms. The molecule has 0 saturated carbocycles. The van der Waals surface area contributed by atoms with E-state index in [4.69, 9.17) is 0 Å². The van der Waals surface area contributed by atoms with Gasteiger partial charge in [-0.1, -0.05) is 36.0 Å². The first-order valence-electron chi connectivity index (χ1n) is 10.1. The first kappa shape index (κ1) is 20.2. The quantitative estimate of drug-likeness (QED) is 0.541. The molecule has 0 bridgehead atoms. The number of hydrogen-bond donors (Lipinski definition) is 1. The molecule has 1 amide bonds. The predicted molar refractivity (Wildman–Crippen MR) is 118 cm³/mol.